The Balaban J connectivity index is 0.0000130. The average Bonchev–Trinajstić information content (AvgIpc) is 2.67. The summed E-state index contributed by atoms with van der Waals surface area (Å²) in [4.78, 5) is 5.30. The standard InChI is InChI=1S/C17H17F13NO4S.BrH/c1-4-34-31(2,3)9-10-5-7-11(8-6-10)35-36(32,33)17(29,30)15(24,25)13(20,21)12(18,19)14(22,23)16(26,27)28;/h5-8H,4,9H2,1-3H3;1H/q+1;/p-1. The van der Waals surface area contributed by atoms with Crippen LogP contribution in [0.15, 0.2) is 24.3 Å². The van der Waals surface area contributed by atoms with Gasteiger partial charge in [0, 0.05) is 5.56 Å². The van der Waals surface area contributed by atoms with Gasteiger partial charge in [0.2, 0.25) is 0 Å². The molecular weight excluding hydrogens is 641 g/mol. The molecule has 0 N–H and O–H groups in total. The second-order valence-corrected chi connectivity index (χ2v) is 9.23. The van der Waals surface area contributed by atoms with Gasteiger partial charge in [-0.15, -0.1) is 0 Å². The highest BCUT2D eigenvalue weighted by Gasteiger charge is 2.93. The van der Waals surface area contributed by atoms with E-state index in [4.69, 9.17) is 4.84 Å². The zero-order chi connectivity index (χ0) is 28.8. The Labute approximate surface area is 211 Å². The molecular formula is C17H17BrF13NO4S. The van der Waals surface area contributed by atoms with Crippen molar-refractivity contribution in [1.29, 1.82) is 0 Å². The minimum Gasteiger partial charge on any atom is -1.00 e. The molecule has 0 amide bonds. The monoisotopic (exact) mass is 657 g/mol. The molecule has 0 unspecified atom stereocenters. The van der Waals surface area contributed by atoms with Crippen LogP contribution >= 0.6 is 0 Å². The Kier molecular flexibility index (Phi) is 10.1. The first-order chi connectivity index (χ1) is 15.7. The minimum atomic E-state index is -8.26. The predicted octanol–water partition coefficient (Wildman–Crippen LogP) is 2.62. The lowest BCUT2D eigenvalue weighted by Crippen LogP contribution is -3.00. The molecule has 0 radical (unpaired) electrons. The van der Waals surface area contributed by atoms with Crippen LogP contribution in [0.2, 0.25) is 0 Å². The van der Waals surface area contributed by atoms with Crippen LogP contribution in [0.5, 0.6) is 5.75 Å². The Morgan fingerprint density at radius 3 is 1.51 bits per heavy atom. The molecule has 37 heavy (non-hydrogen) atoms. The summed E-state index contributed by atoms with van der Waals surface area (Å²) in [5.74, 6) is -33.7. The zero-order valence-electron chi connectivity index (χ0n) is 18.5. The maximum Gasteiger partial charge on any atom is 0.460 e. The van der Waals surface area contributed by atoms with Crippen molar-refractivity contribution in [2.24, 2.45) is 0 Å². The summed E-state index contributed by atoms with van der Waals surface area (Å²) in [5, 5.41) is -7.43. The van der Waals surface area contributed by atoms with Crippen LogP contribution in [0.25, 0.3) is 0 Å². The molecule has 0 aliphatic carbocycles. The Bertz CT molecular complexity index is 1030. The van der Waals surface area contributed by atoms with Crippen LogP contribution < -0.4 is 21.2 Å². The van der Waals surface area contributed by atoms with Gasteiger partial charge in [-0.25, -0.2) is 4.84 Å². The highest BCUT2D eigenvalue weighted by atomic mass is 79.9. The van der Waals surface area contributed by atoms with Gasteiger partial charge in [-0.2, -0.15) is 70.1 Å². The molecule has 0 saturated heterocycles. The van der Waals surface area contributed by atoms with Gasteiger partial charge in [0.25, 0.3) is 0 Å². The van der Waals surface area contributed by atoms with E-state index < -0.39 is 51.0 Å². The first-order valence-corrected chi connectivity index (χ1v) is 10.6. The van der Waals surface area contributed by atoms with Crippen molar-refractivity contribution < 1.29 is 96.1 Å². The fourth-order valence-electron chi connectivity index (χ4n) is 2.58. The minimum absolute atomic E-state index is 0. The fraction of sp³-hybridized carbons (Fsp3) is 0.647. The second kappa shape index (κ2) is 10.6. The molecule has 0 bridgehead atoms. The summed E-state index contributed by atoms with van der Waals surface area (Å²) in [7, 11) is -4.29. The van der Waals surface area contributed by atoms with E-state index in [0.717, 1.165) is 12.1 Å². The molecule has 0 spiro atoms. The van der Waals surface area contributed by atoms with E-state index in [9.17, 15) is 65.5 Å². The molecule has 1 rings (SSSR count). The van der Waals surface area contributed by atoms with E-state index in [-0.39, 0.29) is 34.8 Å². The Morgan fingerprint density at radius 1 is 0.730 bits per heavy atom. The van der Waals surface area contributed by atoms with Crippen molar-refractivity contribution in [1.82, 2.24) is 0 Å². The molecule has 0 aromatic heterocycles. The smallest absolute Gasteiger partial charge is 0.460 e. The van der Waals surface area contributed by atoms with Crippen LogP contribution in [0, 0.1) is 0 Å². The van der Waals surface area contributed by atoms with Crippen molar-refractivity contribution in [2.45, 2.75) is 48.6 Å². The molecule has 218 valence electrons. The molecule has 1 aromatic rings. The van der Waals surface area contributed by atoms with Crippen LogP contribution in [0.3, 0.4) is 0 Å². The number of nitrogens with zero attached hydrogens (tertiary/aromatic N) is 1. The molecule has 1 aromatic carbocycles. The molecule has 0 aliphatic rings. The summed E-state index contributed by atoms with van der Waals surface area (Å²) in [6.45, 7) is 1.94. The normalized spacial score (nSPS) is 14.8. The maximum atomic E-state index is 13.9. The van der Waals surface area contributed by atoms with Crippen LogP contribution in [0.4, 0.5) is 57.1 Å². The number of halogens is 14. The summed E-state index contributed by atoms with van der Waals surface area (Å²) >= 11 is 0. The van der Waals surface area contributed by atoms with Gasteiger partial charge in [0.05, 0.1) is 14.1 Å². The molecule has 0 atom stereocenters. The van der Waals surface area contributed by atoms with Crippen LogP contribution in [-0.4, -0.2) is 68.9 Å². The summed E-state index contributed by atoms with van der Waals surface area (Å²) in [5.41, 5.74) is 0.302. The van der Waals surface area contributed by atoms with Crippen molar-refractivity contribution in [3.05, 3.63) is 29.8 Å². The third-order valence-corrected chi connectivity index (χ3v) is 5.69. The number of benzene rings is 1. The van der Waals surface area contributed by atoms with E-state index in [1.54, 1.807) is 21.0 Å². The summed E-state index contributed by atoms with van der Waals surface area (Å²) in [6, 6.07) is 3.06. The number of rotatable bonds is 11. The molecule has 0 aliphatic heterocycles. The van der Waals surface area contributed by atoms with Gasteiger partial charge < -0.3 is 21.2 Å². The number of hydrogen-bond acceptors (Lipinski definition) is 4. The highest BCUT2D eigenvalue weighted by molar-refractivity contribution is 7.88. The van der Waals surface area contributed by atoms with Gasteiger partial charge in [-0.1, -0.05) is 0 Å². The van der Waals surface area contributed by atoms with Crippen molar-refractivity contribution in [3.8, 4) is 5.75 Å². The molecule has 0 fully saturated rings. The third kappa shape index (κ3) is 6.21. The Morgan fingerprint density at radius 2 is 1.14 bits per heavy atom. The molecule has 0 heterocycles. The van der Waals surface area contributed by atoms with Crippen LogP contribution in [0.1, 0.15) is 12.5 Å². The lowest BCUT2D eigenvalue weighted by Gasteiger charge is -2.38. The zero-order valence-corrected chi connectivity index (χ0v) is 20.9. The largest absolute Gasteiger partial charge is 1.00 e. The number of alkyl halides is 13. The van der Waals surface area contributed by atoms with Gasteiger partial charge in [0.15, 0.2) is 0 Å². The second-order valence-electron chi connectivity index (χ2n) is 7.64. The first-order valence-electron chi connectivity index (χ1n) is 9.18. The van der Waals surface area contributed by atoms with Gasteiger partial charge in [-0.05, 0) is 31.2 Å². The lowest BCUT2D eigenvalue weighted by atomic mass is 9.98. The predicted molar refractivity (Wildman–Crippen MR) is 94.2 cm³/mol. The number of hydroxylamine groups is 3. The molecule has 5 nitrogen and oxygen atoms in total. The topological polar surface area (TPSA) is 52.6 Å². The first kappa shape index (κ1) is 35.5. The van der Waals surface area contributed by atoms with E-state index in [1.807, 2.05) is 0 Å². The van der Waals surface area contributed by atoms with E-state index >= 15 is 0 Å². The van der Waals surface area contributed by atoms with Crippen molar-refractivity contribution in [3.63, 3.8) is 0 Å². The van der Waals surface area contributed by atoms with Gasteiger partial charge in [0.1, 0.15) is 18.9 Å². The molecule has 20 heteroatoms. The van der Waals surface area contributed by atoms with Crippen LogP contribution in [-0.2, 0) is 21.5 Å². The van der Waals surface area contributed by atoms with E-state index in [2.05, 4.69) is 4.18 Å². The molecule has 0 saturated carbocycles. The summed E-state index contributed by atoms with van der Waals surface area (Å²) in [6.07, 6.45) is -7.61. The van der Waals surface area contributed by atoms with Gasteiger partial charge in [-0.3, -0.25) is 0 Å². The summed E-state index contributed by atoms with van der Waals surface area (Å²) < 4.78 is 198. The van der Waals surface area contributed by atoms with Crippen molar-refractivity contribution >= 4 is 10.1 Å². The van der Waals surface area contributed by atoms with E-state index in [0.29, 0.717) is 17.7 Å². The average molecular weight is 658 g/mol. The van der Waals surface area contributed by atoms with Gasteiger partial charge >= 0.3 is 45.2 Å². The quantitative estimate of drug-likeness (QED) is 0.159. The number of quaternary nitrogens is 1. The Hall–Kier alpha value is -1.54. The van der Waals surface area contributed by atoms with E-state index in [1.165, 1.54) is 0 Å². The van der Waals surface area contributed by atoms with Crippen molar-refractivity contribution in [2.75, 3.05) is 20.7 Å². The third-order valence-electron chi connectivity index (χ3n) is 4.39. The number of hydrogen-bond donors (Lipinski definition) is 0. The maximum absolute atomic E-state index is 13.9. The highest BCUT2D eigenvalue weighted by Crippen LogP contribution is 2.61. The SMILES string of the molecule is CCO[N+](C)(C)Cc1ccc(OS(=O)(=O)C(F)(F)C(F)(F)C(F)(F)C(F)(F)C(F)(F)C(F)(F)F)cc1.[Br-]. The fourth-order valence-corrected chi connectivity index (χ4v) is 3.49. The lowest BCUT2D eigenvalue weighted by molar-refractivity contribution is -1.09.